The predicted molar refractivity (Wildman–Crippen MR) is 79.4 cm³/mol. The van der Waals surface area contributed by atoms with Gasteiger partial charge in [0.2, 0.25) is 0 Å². The highest BCUT2D eigenvalue weighted by Crippen LogP contribution is 2.21. The number of aliphatic hydroxyl groups excluding tert-OH is 1. The molecule has 2 aromatic heterocycles. The number of hydrogen-bond acceptors (Lipinski definition) is 4. The summed E-state index contributed by atoms with van der Waals surface area (Å²) >= 11 is 0. The van der Waals surface area contributed by atoms with Gasteiger partial charge in [-0.15, -0.1) is 0 Å². The number of aliphatic hydroxyl groups is 1. The number of ether oxygens (including phenoxy) is 1. The summed E-state index contributed by atoms with van der Waals surface area (Å²) in [4.78, 5) is 8.70. The maximum Gasteiger partial charge on any atom is 0.163 e. The fraction of sp³-hybridized carbons (Fsp3) is 0.125. The second-order valence-corrected chi connectivity index (χ2v) is 4.40. The molecule has 5 nitrogen and oxygen atoms in total. The molecule has 0 spiro atoms. The number of rotatable bonds is 5. The zero-order chi connectivity index (χ0) is 14.5. The van der Waals surface area contributed by atoms with Crippen LogP contribution in [-0.4, -0.2) is 32.9 Å². The Morgan fingerprint density at radius 1 is 1.00 bits per heavy atom. The van der Waals surface area contributed by atoms with E-state index in [0.717, 1.165) is 23.0 Å². The first-order chi connectivity index (χ1) is 10.4. The summed E-state index contributed by atoms with van der Waals surface area (Å²) in [7, 11) is 0. The van der Waals surface area contributed by atoms with Gasteiger partial charge in [0.1, 0.15) is 18.1 Å². The first-order valence-electron chi connectivity index (χ1n) is 6.67. The van der Waals surface area contributed by atoms with Crippen molar-refractivity contribution in [1.82, 2.24) is 14.5 Å². The predicted octanol–water partition coefficient (Wildman–Crippen LogP) is 2.31. The van der Waals surface area contributed by atoms with Gasteiger partial charge in [0.25, 0.3) is 0 Å². The van der Waals surface area contributed by atoms with Crippen LogP contribution in [0.15, 0.2) is 61.1 Å². The average Bonchev–Trinajstić information content (AvgIpc) is 3.04. The van der Waals surface area contributed by atoms with Crippen molar-refractivity contribution in [2.45, 2.75) is 0 Å². The van der Waals surface area contributed by atoms with Crippen molar-refractivity contribution in [3.05, 3.63) is 61.1 Å². The van der Waals surface area contributed by atoms with Crippen molar-refractivity contribution in [3.63, 3.8) is 0 Å². The van der Waals surface area contributed by atoms with Crippen LogP contribution >= 0.6 is 0 Å². The normalized spacial score (nSPS) is 10.5. The Balaban J connectivity index is 1.90. The van der Waals surface area contributed by atoms with Gasteiger partial charge in [-0.3, -0.25) is 9.55 Å². The number of benzene rings is 1. The summed E-state index contributed by atoms with van der Waals surface area (Å²) in [6.07, 6.45) is 5.40. The van der Waals surface area contributed by atoms with E-state index in [1.807, 2.05) is 53.2 Å². The molecule has 0 unspecified atom stereocenters. The number of aromatic nitrogens is 3. The van der Waals surface area contributed by atoms with Gasteiger partial charge < -0.3 is 9.84 Å². The van der Waals surface area contributed by atoms with Gasteiger partial charge in [0.05, 0.1) is 6.61 Å². The summed E-state index contributed by atoms with van der Waals surface area (Å²) in [5, 5.41) is 8.75. The van der Waals surface area contributed by atoms with Crippen LogP contribution in [0.2, 0.25) is 0 Å². The highest BCUT2D eigenvalue weighted by molar-refractivity contribution is 5.54. The highest BCUT2D eigenvalue weighted by Gasteiger charge is 2.08. The Morgan fingerprint density at radius 2 is 1.86 bits per heavy atom. The molecular formula is C16H15N3O2. The van der Waals surface area contributed by atoms with Crippen LogP contribution in [0.5, 0.6) is 5.75 Å². The van der Waals surface area contributed by atoms with Crippen molar-refractivity contribution < 1.29 is 9.84 Å². The molecular weight excluding hydrogens is 266 g/mol. The molecule has 3 rings (SSSR count). The van der Waals surface area contributed by atoms with E-state index in [-0.39, 0.29) is 6.61 Å². The van der Waals surface area contributed by atoms with Gasteiger partial charge in [0.15, 0.2) is 5.82 Å². The van der Waals surface area contributed by atoms with Crippen LogP contribution in [0.3, 0.4) is 0 Å². The third-order valence-corrected chi connectivity index (χ3v) is 3.01. The number of hydrogen-bond donors (Lipinski definition) is 1. The first-order valence-corrected chi connectivity index (χ1v) is 6.67. The second kappa shape index (κ2) is 6.19. The zero-order valence-corrected chi connectivity index (χ0v) is 11.4. The minimum atomic E-state index is 0.00704. The molecule has 5 heteroatoms. The van der Waals surface area contributed by atoms with Crippen molar-refractivity contribution in [2.75, 3.05) is 13.2 Å². The maximum atomic E-state index is 8.75. The summed E-state index contributed by atoms with van der Waals surface area (Å²) in [5.74, 6) is 1.52. The monoisotopic (exact) mass is 281 g/mol. The fourth-order valence-corrected chi connectivity index (χ4v) is 2.06. The molecule has 0 aliphatic rings. The lowest BCUT2D eigenvalue weighted by molar-refractivity contribution is 0.201. The van der Waals surface area contributed by atoms with E-state index in [9.17, 15) is 0 Å². The molecule has 0 saturated heterocycles. The van der Waals surface area contributed by atoms with E-state index >= 15 is 0 Å². The van der Waals surface area contributed by atoms with E-state index in [1.54, 1.807) is 12.4 Å². The SMILES string of the molecule is OCCOc1ccc(-n2ccnc2-c2ccccn2)cc1. The number of nitrogens with zero attached hydrogens (tertiary/aromatic N) is 3. The summed E-state index contributed by atoms with van der Waals surface area (Å²) in [6.45, 7) is 0.302. The summed E-state index contributed by atoms with van der Waals surface area (Å²) < 4.78 is 7.33. The maximum absolute atomic E-state index is 8.75. The molecule has 0 atom stereocenters. The van der Waals surface area contributed by atoms with Crippen LogP contribution in [0, 0.1) is 0 Å². The Kier molecular flexibility index (Phi) is 3.93. The standard InChI is InChI=1S/C16H15N3O2/c20-11-12-21-14-6-4-13(5-7-14)19-10-9-18-16(19)15-3-1-2-8-17-15/h1-10,20H,11-12H2. The van der Waals surface area contributed by atoms with Crippen LogP contribution in [0.4, 0.5) is 0 Å². The van der Waals surface area contributed by atoms with Gasteiger partial charge in [0, 0.05) is 24.3 Å². The molecule has 3 aromatic rings. The molecule has 0 radical (unpaired) electrons. The molecule has 0 bridgehead atoms. The van der Waals surface area contributed by atoms with E-state index in [4.69, 9.17) is 9.84 Å². The van der Waals surface area contributed by atoms with Gasteiger partial charge in [-0.1, -0.05) is 6.07 Å². The van der Waals surface area contributed by atoms with Crippen LogP contribution in [0.25, 0.3) is 17.2 Å². The second-order valence-electron chi connectivity index (χ2n) is 4.40. The smallest absolute Gasteiger partial charge is 0.163 e. The summed E-state index contributed by atoms with van der Waals surface area (Å²) in [6, 6.07) is 13.4. The van der Waals surface area contributed by atoms with Gasteiger partial charge in [-0.05, 0) is 36.4 Å². The van der Waals surface area contributed by atoms with Gasteiger partial charge in [-0.25, -0.2) is 4.98 Å². The quantitative estimate of drug-likeness (QED) is 0.779. The lowest BCUT2D eigenvalue weighted by Crippen LogP contribution is -2.02. The third kappa shape index (κ3) is 2.93. The van der Waals surface area contributed by atoms with Crippen molar-refractivity contribution in [2.24, 2.45) is 0 Å². The fourth-order valence-electron chi connectivity index (χ4n) is 2.06. The molecule has 0 aliphatic carbocycles. The molecule has 21 heavy (non-hydrogen) atoms. The van der Waals surface area contributed by atoms with Crippen molar-refractivity contribution in [1.29, 1.82) is 0 Å². The molecule has 0 aliphatic heterocycles. The molecule has 2 heterocycles. The first kappa shape index (κ1) is 13.3. The number of imidazole rings is 1. The zero-order valence-electron chi connectivity index (χ0n) is 11.4. The minimum absolute atomic E-state index is 0.00704. The largest absolute Gasteiger partial charge is 0.491 e. The molecule has 0 amide bonds. The van der Waals surface area contributed by atoms with Crippen LogP contribution in [0.1, 0.15) is 0 Å². The molecule has 1 aromatic carbocycles. The van der Waals surface area contributed by atoms with E-state index in [0.29, 0.717) is 6.61 Å². The van der Waals surface area contributed by atoms with Crippen molar-refractivity contribution in [3.8, 4) is 23.0 Å². The lowest BCUT2D eigenvalue weighted by atomic mass is 10.2. The minimum Gasteiger partial charge on any atom is -0.491 e. The Labute approximate surface area is 122 Å². The van der Waals surface area contributed by atoms with E-state index in [1.165, 1.54) is 0 Å². The topological polar surface area (TPSA) is 60.2 Å². The van der Waals surface area contributed by atoms with Crippen LogP contribution < -0.4 is 4.74 Å². The Morgan fingerprint density at radius 3 is 2.57 bits per heavy atom. The third-order valence-electron chi connectivity index (χ3n) is 3.01. The van der Waals surface area contributed by atoms with Gasteiger partial charge >= 0.3 is 0 Å². The van der Waals surface area contributed by atoms with E-state index in [2.05, 4.69) is 9.97 Å². The van der Waals surface area contributed by atoms with E-state index < -0.39 is 0 Å². The van der Waals surface area contributed by atoms with Crippen LogP contribution in [-0.2, 0) is 0 Å². The van der Waals surface area contributed by atoms with Gasteiger partial charge in [-0.2, -0.15) is 0 Å². The number of pyridine rings is 1. The molecule has 0 fully saturated rings. The molecule has 106 valence electrons. The Hall–Kier alpha value is -2.66. The summed E-state index contributed by atoms with van der Waals surface area (Å²) in [5.41, 5.74) is 1.80. The highest BCUT2D eigenvalue weighted by atomic mass is 16.5. The molecule has 0 saturated carbocycles. The average molecular weight is 281 g/mol. The Bertz CT molecular complexity index is 693. The van der Waals surface area contributed by atoms with Crippen molar-refractivity contribution >= 4 is 0 Å². The lowest BCUT2D eigenvalue weighted by Gasteiger charge is -2.09. The molecule has 1 N–H and O–H groups in total.